The van der Waals surface area contributed by atoms with Gasteiger partial charge in [0.05, 0.1) is 4.92 Å². The molecule has 1 unspecified atom stereocenters. The number of nitrogens with zero attached hydrogens (tertiary/aromatic N) is 1. The van der Waals surface area contributed by atoms with Gasteiger partial charge in [-0.15, -0.1) is 0 Å². The zero-order valence-electron chi connectivity index (χ0n) is 12.0. The third-order valence-electron chi connectivity index (χ3n) is 3.52. The largest absolute Gasteiger partial charge is 0.508 e. The molecule has 0 aliphatic rings. The van der Waals surface area contributed by atoms with Crippen molar-refractivity contribution in [3.05, 3.63) is 69.3 Å². The normalized spacial score (nSPS) is 12.1. The second-order valence-electron chi connectivity index (χ2n) is 5.03. The lowest BCUT2D eigenvalue weighted by Gasteiger charge is -2.15. The first kappa shape index (κ1) is 15.0. The highest BCUT2D eigenvalue weighted by molar-refractivity contribution is 5.43. The molecule has 0 saturated carbocycles. The van der Waals surface area contributed by atoms with E-state index in [0.717, 1.165) is 11.1 Å². The minimum atomic E-state index is -0.366. The summed E-state index contributed by atoms with van der Waals surface area (Å²) >= 11 is 0. The van der Waals surface area contributed by atoms with Crippen LogP contribution in [0.25, 0.3) is 0 Å². The lowest BCUT2D eigenvalue weighted by Crippen LogP contribution is -2.18. The number of phenolic OH excluding ortho intramolecular Hbond substituents is 1. The predicted octanol–water partition coefficient (Wildman–Crippen LogP) is 3.46. The fourth-order valence-electron chi connectivity index (χ4n) is 2.13. The summed E-state index contributed by atoms with van der Waals surface area (Å²) in [6, 6.07) is 12.3. The van der Waals surface area contributed by atoms with Gasteiger partial charge in [-0.25, -0.2) is 0 Å². The molecule has 0 aliphatic heterocycles. The standard InChI is InChI=1S/C16H18N2O3/c1-11-7-8-13(9-15(11)18(20)21)12(2)17-10-14-5-3-4-6-16(14)19/h3-9,12,17,19H,10H2,1-2H3. The molecule has 5 nitrogen and oxygen atoms in total. The zero-order chi connectivity index (χ0) is 15.4. The van der Waals surface area contributed by atoms with Gasteiger partial charge >= 0.3 is 0 Å². The lowest BCUT2D eigenvalue weighted by atomic mass is 10.0. The van der Waals surface area contributed by atoms with Crippen LogP contribution >= 0.6 is 0 Å². The highest BCUT2D eigenvalue weighted by Gasteiger charge is 2.14. The molecular weight excluding hydrogens is 268 g/mol. The predicted molar refractivity (Wildman–Crippen MR) is 81.2 cm³/mol. The molecule has 2 aromatic carbocycles. The SMILES string of the molecule is Cc1ccc(C(C)NCc2ccccc2O)cc1[N+](=O)[O-]. The van der Waals surface area contributed by atoms with Crippen molar-refractivity contribution in [1.29, 1.82) is 0 Å². The second-order valence-corrected chi connectivity index (χ2v) is 5.03. The summed E-state index contributed by atoms with van der Waals surface area (Å²) in [5.74, 6) is 0.243. The summed E-state index contributed by atoms with van der Waals surface area (Å²) < 4.78 is 0. The summed E-state index contributed by atoms with van der Waals surface area (Å²) in [6.07, 6.45) is 0. The van der Waals surface area contributed by atoms with E-state index in [1.807, 2.05) is 25.1 Å². The number of nitro groups is 1. The maximum atomic E-state index is 11.0. The number of aromatic hydroxyl groups is 1. The summed E-state index contributed by atoms with van der Waals surface area (Å²) in [4.78, 5) is 10.6. The third kappa shape index (κ3) is 3.58. The van der Waals surface area contributed by atoms with E-state index in [-0.39, 0.29) is 22.4 Å². The van der Waals surface area contributed by atoms with Gasteiger partial charge in [0.1, 0.15) is 5.75 Å². The maximum absolute atomic E-state index is 11.0. The Bertz CT molecular complexity index is 656. The number of nitro benzene ring substituents is 1. The number of hydrogen-bond donors (Lipinski definition) is 2. The Hall–Kier alpha value is -2.40. The van der Waals surface area contributed by atoms with E-state index in [1.165, 1.54) is 0 Å². The van der Waals surface area contributed by atoms with Crippen molar-refractivity contribution in [3.63, 3.8) is 0 Å². The van der Waals surface area contributed by atoms with Crippen LogP contribution in [0.1, 0.15) is 29.7 Å². The van der Waals surface area contributed by atoms with Crippen LogP contribution in [0.5, 0.6) is 5.75 Å². The number of nitrogens with one attached hydrogen (secondary N) is 1. The van der Waals surface area contributed by atoms with Crippen molar-refractivity contribution in [2.75, 3.05) is 0 Å². The van der Waals surface area contributed by atoms with Crippen LogP contribution in [0.15, 0.2) is 42.5 Å². The first-order chi connectivity index (χ1) is 9.99. The monoisotopic (exact) mass is 286 g/mol. The van der Waals surface area contributed by atoms with Crippen LogP contribution in [0.2, 0.25) is 0 Å². The Labute approximate surface area is 123 Å². The van der Waals surface area contributed by atoms with E-state index >= 15 is 0 Å². The van der Waals surface area contributed by atoms with Crippen LogP contribution < -0.4 is 5.32 Å². The van der Waals surface area contributed by atoms with E-state index in [2.05, 4.69) is 5.32 Å². The lowest BCUT2D eigenvalue weighted by molar-refractivity contribution is -0.385. The number of hydrogen-bond acceptors (Lipinski definition) is 4. The van der Waals surface area contributed by atoms with Crippen LogP contribution in [0, 0.1) is 17.0 Å². The molecule has 2 aromatic rings. The molecule has 5 heteroatoms. The number of rotatable bonds is 5. The average Bonchev–Trinajstić information content (AvgIpc) is 2.46. The smallest absolute Gasteiger partial charge is 0.272 e. The van der Waals surface area contributed by atoms with Gasteiger partial charge in [-0.1, -0.05) is 30.3 Å². The Morgan fingerprint density at radius 3 is 2.67 bits per heavy atom. The zero-order valence-corrected chi connectivity index (χ0v) is 12.0. The average molecular weight is 286 g/mol. The quantitative estimate of drug-likeness (QED) is 0.652. The molecular formula is C16H18N2O3. The first-order valence-corrected chi connectivity index (χ1v) is 6.74. The highest BCUT2D eigenvalue weighted by Crippen LogP contribution is 2.24. The molecule has 0 spiro atoms. The first-order valence-electron chi connectivity index (χ1n) is 6.74. The molecule has 0 fully saturated rings. The van der Waals surface area contributed by atoms with E-state index < -0.39 is 0 Å². The van der Waals surface area contributed by atoms with Gasteiger partial charge in [-0.2, -0.15) is 0 Å². The molecule has 2 N–H and O–H groups in total. The summed E-state index contributed by atoms with van der Waals surface area (Å²) in [5, 5.41) is 23.9. The van der Waals surface area contributed by atoms with Crippen LogP contribution in [-0.2, 0) is 6.54 Å². The molecule has 110 valence electrons. The molecule has 0 radical (unpaired) electrons. The molecule has 0 bridgehead atoms. The van der Waals surface area contributed by atoms with Crippen molar-refractivity contribution >= 4 is 5.69 Å². The molecule has 0 heterocycles. The van der Waals surface area contributed by atoms with Gasteiger partial charge in [0.15, 0.2) is 0 Å². The molecule has 1 atom stereocenters. The van der Waals surface area contributed by atoms with Crippen molar-refractivity contribution in [2.45, 2.75) is 26.4 Å². The second kappa shape index (κ2) is 6.37. The number of benzene rings is 2. The van der Waals surface area contributed by atoms with E-state index in [1.54, 1.807) is 31.2 Å². The van der Waals surface area contributed by atoms with Crippen molar-refractivity contribution < 1.29 is 10.0 Å². The van der Waals surface area contributed by atoms with Gasteiger partial charge in [0.2, 0.25) is 0 Å². The molecule has 21 heavy (non-hydrogen) atoms. The molecule has 0 aromatic heterocycles. The topological polar surface area (TPSA) is 75.4 Å². The minimum Gasteiger partial charge on any atom is -0.508 e. The molecule has 0 saturated heterocycles. The van der Waals surface area contributed by atoms with Gasteiger partial charge < -0.3 is 10.4 Å². The summed E-state index contributed by atoms with van der Waals surface area (Å²) in [5.41, 5.74) is 2.43. The third-order valence-corrected chi connectivity index (χ3v) is 3.52. The van der Waals surface area contributed by atoms with Crippen molar-refractivity contribution in [3.8, 4) is 5.75 Å². The molecule has 0 aliphatic carbocycles. The van der Waals surface area contributed by atoms with E-state index in [9.17, 15) is 15.2 Å². The van der Waals surface area contributed by atoms with Gasteiger partial charge in [0.25, 0.3) is 5.69 Å². The number of phenols is 1. The summed E-state index contributed by atoms with van der Waals surface area (Å²) in [7, 11) is 0. The Morgan fingerprint density at radius 1 is 1.29 bits per heavy atom. The molecule has 0 amide bonds. The summed E-state index contributed by atoms with van der Waals surface area (Å²) in [6.45, 7) is 4.16. The van der Waals surface area contributed by atoms with Gasteiger partial charge in [-0.05, 0) is 25.5 Å². The Balaban J connectivity index is 2.10. The fraction of sp³-hybridized carbons (Fsp3) is 0.250. The maximum Gasteiger partial charge on any atom is 0.272 e. The van der Waals surface area contributed by atoms with Crippen molar-refractivity contribution in [1.82, 2.24) is 5.32 Å². The van der Waals surface area contributed by atoms with Crippen LogP contribution in [0.3, 0.4) is 0 Å². The van der Waals surface area contributed by atoms with Crippen LogP contribution in [-0.4, -0.2) is 10.0 Å². The highest BCUT2D eigenvalue weighted by atomic mass is 16.6. The minimum absolute atomic E-state index is 0.0519. The van der Waals surface area contributed by atoms with E-state index in [4.69, 9.17) is 0 Å². The van der Waals surface area contributed by atoms with Crippen LogP contribution in [0.4, 0.5) is 5.69 Å². The fourth-order valence-corrected chi connectivity index (χ4v) is 2.13. The van der Waals surface area contributed by atoms with Crippen molar-refractivity contribution in [2.24, 2.45) is 0 Å². The number of aryl methyl sites for hydroxylation is 1. The van der Waals surface area contributed by atoms with E-state index in [0.29, 0.717) is 12.1 Å². The van der Waals surface area contributed by atoms with Gasteiger partial charge in [-0.3, -0.25) is 10.1 Å². The van der Waals surface area contributed by atoms with Gasteiger partial charge in [0, 0.05) is 29.8 Å². The number of para-hydroxylation sites is 1. The Morgan fingerprint density at radius 2 is 2.00 bits per heavy atom. The Kier molecular flexibility index (Phi) is 4.55. The molecule has 2 rings (SSSR count).